The van der Waals surface area contributed by atoms with E-state index in [-0.39, 0.29) is 0 Å². The molecule has 1 N–H and O–H groups in total. The van der Waals surface area contributed by atoms with Gasteiger partial charge in [-0.2, -0.15) is 0 Å². The van der Waals surface area contributed by atoms with E-state index in [9.17, 15) is 5.11 Å². The first-order chi connectivity index (χ1) is 9.61. The topological polar surface area (TPSA) is 20.2 Å². The Morgan fingerprint density at radius 1 is 1.10 bits per heavy atom. The maximum atomic E-state index is 11.8. The van der Waals surface area contributed by atoms with Crippen LogP contribution in [0.4, 0.5) is 0 Å². The molecule has 2 heteroatoms. The molecule has 7 rings (SSSR count). The average molecular weight is 331 g/mol. The summed E-state index contributed by atoms with van der Waals surface area (Å²) in [7, 11) is 0. The van der Waals surface area contributed by atoms with Crippen molar-refractivity contribution in [2.24, 2.45) is 46.8 Å². The summed E-state index contributed by atoms with van der Waals surface area (Å²) in [4.78, 5) is 0.646. The first kappa shape index (κ1) is 11.3. The first-order valence-electron chi connectivity index (χ1n) is 8.03. The Labute approximate surface area is 127 Å². The Balaban J connectivity index is 1.65. The highest BCUT2D eigenvalue weighted by atomic mass is 79.9. The predicted octanol–water partition coefficient (Wildman–Crippen LogP) is 3.42. The molecule has 10 atom stereocenters. The standard InChI is InChI=1S/C18H19BrO/c1-17-13-10-7-9-11(12(10)16(17)19)15(17)18(20,14(9)13)8-5-3-2-4-6-8/h2-6,9-16,20H,7H2,1H3/t9-,10+,11-,12-,13+,14+,15+,16+,17-,18+/m0/s1. The summed E-state index contributed by atoms with van der Waals surface area (Å²) in [5.41, 5.74) is 0.990. The van der Waals surface area contributed by atoms with Crippen molar-refractivity contribution < 1.29 is 5.11 Å². The third-order valence-electron chi connectivity index (χ3n) is 8.21. The lowest BCUT2D eigenvalue weighted by Gasteiger charge is -2.40. The van der Waals surface area contributed by atoms with E-state index in [0.29, 0.717) is 22.1 Å². The fourth-order valence-electron chi connectivity index (χ4n) is 8.28. The van der Waals surface area contributed by atoms with Crippen LogP contribution in [0.2, 0.25) is 0 Å². The van der Waals surface area contributed by atoms with Crippen molar-refractivity contribution in [3.05, 3.63) is 35.9 Å². The molecule has 1 nitrogen and oxygen atoms in total. The molecule has 0 aliphatic heterocycles. The second-order valence-corrected chi connectivity index (χ2v) is 9.19. The number of halogens is 1. The molecule has 6 fully saturated rings. The van der Waals surface area contributed by atoms with Crippen molar-refractivity contribution in [2.45, 2.75) is 23.8 Å². The number of benzene rings is 1. The van der Waals surface area contributed by atoms with Crippen LogP contribution >= 0.6 is 15.9 Å². The van der Waals surface area contributed by atoms with Crippen molar-refractivity contribution in [1.82, 2.24) is 0 Å². The summed E-state index contributed by atoms with van der Waals surface area (Å²) in [6.45, 7) is 2.48. The fraction of sp³-hybridized carbons (Fsp3) is 0.667. The van der Waals surface area contributed by atoms with E-state index in [1.54, 1.807) is 0 Å². The maximum Gasteiger partial charge on any atom is 0.0966 e. The second kappa shape index (κ2) is 2.92. The van der Waals surface area contributed by atoms with Crippen LogP contribution in [0.15, 0.2) is 30.3 Å². The van der Waals surface area contributed by atoms with E-state index >= 15 is 0 Å². The van der Waals surface area contributed by atoms with Gasteiger partial charge in [0.25, 0.3) is 0 Å². The zero-order chi connectivity index (χ0) is 13.4. The van der Waals surface area contributed by atoms with Crippen molar-refractivity contribution in [2.75, 3.05) is 0 Å². The third-order valence-corrected chi connectivity index (χ3v) is 9.81. The van der Waals surface area contributed by atoms with Crippen molar-refractivity contribution >= 4 is 15.9 Å². The molecule has 6 aliphatic carbocycles. The molecule has 20 heavy (non-hydrogen) atoms. The molecular formula is C18H19BrO. The van der Waals surface area contributed by atoms with Gasteiger partial charge >= 0.3 is 0 Å². The SMILES string of the molecule is C[C@@]12[C@@H]3[C@@H]4C[C@H]5[C@@H]([C@H]4[C@H]1Br)[C@H]2[C@@](O)(c1ccccc1)[C@H]53. The van der Waals surface area contributed by atoms with Gasteiger partial charge in [0.1, 0.15) is 0 Å². The molecule has 0 saturated heterocycles. The Morgan fingerprint density at radius 3 is 2.50 bits per heavy atom. The Hall–Kier alpha value is -0.340. The summed E-state index contributed by atoms with van der Waals surface area (Å²) in [6.07, 6.45) is 1.40. The molecule has 6 aliphatic rings. The van der Waals surface area contributed by atoms with Crippen LogP contribution in [-0.2, 0) is 5.60 Å². The summed E-state index contributed by atoms with van der Waals surface area (Å²) in [6, 6.07) is 10.6. The minimum Gasteiger partial charge on any atom is -0.385 e. The van der Waals surface area contributed by atoms with Gasteiger partial charge in [-0.05, 0) is 52.9 Å². The molecule has 0 aromatic heterocycles. The van der Waals surface area contributed by atoms with Crippen molar-refractivity contribution in [3.8, 4) is 0 Å². The third kappa shape index (κ3) is 0.772. The van der Waals surface area contributed by atoms with Gasteiger partial charge in [-0.1, -0.05) is 53.2 Å². The molecule has 0 amide bonds. The lowest BCUT2D eigenvalue weighted by atomic mass is 9.64. The van der Waals surface area contributed by atoms with Gasteiger partial charge in [0.2, 0.25) is 0 Å². The highest BCUT2D eigenvalue weighted by molar-refractivity contribution is 9.09. The van der Waals surface area contributed by atoms with E-state index in [4.69, 9.17) is 0 Å². The summed E-state index contributed by atoms with van der Waals surface area (Å²) in [5, 5.41) is 11.8. The molecule has 0 spiro atoms. The summed E-state index contributed by atoms with van der Waals surface area (Å²) < 4.78 is 0. The molecule has 0 heterocycles. The molecule has 0 radical (unpaired) electrons. The minimum atomic E-state index is -0.540. The smallest absolute Gasteiger partial charge is 0.0966 e. The zero-order valence-corrected chi connectivity index (χ0v) is 13.1. The maximum absolute atomic E-state index is 11.8. The van der Waals surface area contributed by atoms with Crippen LogP contribution in [0.25, 0.3) is 0 Å². The molecule has 6 bridgehead atoms. The predicted molar refractivity (Wildman–Crippen MR) is 80.2 cm³/mol. The highest BCUT2D eigenvalue weighted by Gasteiger charge is 2.91. The van der Waals surface area contributed by atoms with Crippen LogP contribution in [0.5, 0.6) is 0 Å². The van der Waals surface area contributed by atoms with Gasteiger partial charge in [0.05, 0.1) is 5.60 Å². The Kier molecular flexibility index (Phi) is 1.64. The first-order valence-corrected chi connectivity index (χ1v) is 8.94. The molecule has 0 unspecified atom stereocenters. The Morgan fingerprint density at radius 2 is 1.80 bits per heavy atom. The van der Waals surface area contributed by atoms with E-state index in [1.165, 1.54) is 12.0 Å². The van der Waals surface area contributed by atoms with E-state index in [2.05, 4.69) is 53.2 Å². The van der Waals surface area contributed by atoms with Gasteiger partial charge < -0.3 is 5.11 Å². The van der Waals surface area contributed by atoms with E-state index in [0.717, 1.165) is 29.6 Å². The lowest BCUT2D eigenvalue weighted by Crippen LogP contribution is -2.38. The Bertz CT molecular complexity index is 628. The number of hydrogen-bond donors (Lipinski definition) is 1. The second-order valence-electron chi connectivity index (χ2n) is 8.21. The van der Waals surface area contributed by atoms with Crippen LogP contribution in [0.1, 0.15) is 18.9 Å². The molecule has 1 aromatic carbocycles. The average Bonchev–Trinajstić information content (AvgIpc) is 3.16. The normalized spacial score (nSPS) is 67.0. The molecule has 1 aromatic rings. The van der Waals surface area contributed by atoms with E-state index < -0.39 is 5.60 Å². The monoisotopic (exact) mass is 330 g/mol. The number of aliphatic hydroxyl groups is 1. The van der Waals surface area contributed by atoms with Gasteiger partial charge in [-0.15, -0.1) is 0 Å². The van der Waals surface area contributed by atoms with Crippen LogP contribution in [0, 0.1) is 46.8 Å². The van der Waals surface area contributed by atoms with Crippen LogP contribution in [0.3, 0.4) is 0 Å². The lowest BCUT2D eigenvalue weighted by molar-refractivity contribution is -0.0284. The van der Waals surface area contributed by atoms with Crippen LogP contribution in [-0.4, -0.2) is 9.93 Å². The largest absolute Gasteiger partial charge is 0.385 e. The molecule has 6 saturated carbocycles. The highest BCUT2D eigenvalue weighted by Crippen LogP contribution is 2.91. The van der Waals surface area contributed by atoms with Crippen molar-refractivity contribution in [3.63, 3.8) is 0 Å². The fourth-order valence-corrected chi connectivity index (χ4v) is 9.61. The number of alkyl halides is 1. The van der Waals surface area contributed by atoms with E-state index in [1.807, 2.05) is 0 Å². The summed E-state index contributed by atoms with van der Waals surface area (Å²) in [5.74, 6) is 5.14. The van der Waals surface area contributed by atoms with Crippen molar-refractivity contribution in [1.29, 1.82) is 0 Å². The quantitative estimate of drug-likeness (QED) is 0.782. The van der Waals surface area contributed by atoms with Crippen LogP contribution < -0.4 is 0 Å². The molecular weight excluding hydrogens is 312 g/mol. The zero-order valence-electron chi connectivity index (χ0n) is 11.5. The van der Waals surface area contributed by atoms with Gasteiger partial charge in [0, 0.05) is 10.7 Å². The number of rotatable bonds is 1. The number of hydrogen-bond acceptors (Lipinski definition) is 1. The molecule has 104 valence electrons. The van der Waals surface area contributed by atoms with Gasteiger partial charge in [-0.25, -0.2) is 0 Å². The van der Waals surface area contributed by atoms with Gasteiger partial charge in [0.15, 0.2) is 0 Å². The minimum absolute atomic E-state index is 0.336. The van der Waals surface area contributed by atoms with Gasteiger partial charge in [-0.3, -0.25) is 0 Å². The summed E-state index contributed by atoms with van der Waals surface area (Å²) >= 11 is 4.06.